The van der Waals surface area contributed by atoms with Crippen molar-refractivity contribution in [1.82, 2.24) is 10.6 Å². The van der Waals surface area contributed by atoms with Gasteiger partial charge < -0.3 is 15.4 Å². The summed E-state index contributed by atoms with van der Waals surface area (Å²) in [4.78, 5) is 0. The number of hydrogen-bond acceptors (Lipinski definition) is 3. The molecule has 0 saturated carbocycles. The highest BCUT2D eigenvalue weighted by molar-refractivity contribution is 5.38. The molecule has 0 bridgehead atoms. The van der Waals surface area contributed by atoms with Gasteiger partial charge in [-0.2, -0.15) is 0 Å². The van der Waals surface area contributed by atoms with E-state index in [2.05, 4.69) is 35.8 Å². The molecule has 1 aromatic carbocycles. The fourth-order valence-electron chi connectivity index (χ4n) is 2.73. The third-order valence-corrected chi connectivity index (χ3v) is 3.73. The lowest BCUT2D eigenvalue weighted by Gasteiger charge is -2.34. The number of rotatable bonds is 2. The van der Waals surface area contributed by atoms with E-state index in [1.807, 2.05) is 0 Å². The first-order chi connectivity index (χ1) is 8.25. The van der Waals surface area contributed by atoms with E-state index in [0.717, 1.165) is 38.3 Å². The van der Waals surface area contributed by atoms with Crippen molar-refractivity contribution in [2.75, 3.05) is 13.1 Å². The number of nitrogens with one attached hydrogen (secondary N) is 2. The van der Waals surface area contributed by atoms with Crippen LogP contribution >= 0.6 is 0 Å². The topological polar surface area (TPSA) is 33.3 Å². The normalized spacial score (nSPS) is 27.8. The summed E-state index contributed by atoms with van der Waals surface area (Å²) in [7, 11) is 0. The number of hydrogen-bond donors (Lipinski definition) is 2. The Morgan fingerprint density at radius 3 is 2.88 bits per heavy atom. The summed E-state index contributed by atoms with van der Waals surface area (Å²) < 4.78 is 6.18. The van der Waals surface area contributed by atoms with Crippen molar-refractivity contribution in [2.45, 2.75) is 38.5 Å². The van der Waals surface area contributed by atoms with Crippen molar-refractivity contribution >= 4 is 0 Å². The van der Waals surface area contributed by atoms with Crippen LogP contribution in [0.2, 0.25) is 0 Å². The molecule has 1 fully saturated rings. The summed E-state index contributed by atoms with van der Waals surface area (Å²) in [6, 6.07) is 6.48. The van der Waals surface area contributed by atoms with Crippen LogP contribution in [0.25, 0.3) is 0 Å². The highest BCUT2D eigenvalue weighted by Gasteiger charge is 2.28. The van der Waals surface area contributed by atoms with E-state index in [0.29, 0.717) is 0 Å². The molecule has 0 amide bonds. The van der Waals surface area contributed by atoms with Gasteiger partial charge in [0, 0.05) is 19.6 Å². The van der Waals surface area contributed by atoms with Crippen molar-refractivity contribution in [2.24, 2.45) is 0 Å². The zero-order valence-electron chi connectivity index (χ0n) is 10.4. The van der Waals surface area contributed by atoms with E-state index in [4.69, 9.17) is 4.74 Å². The highest BCUT2D eigenvalue weighted by atomic mass is 16.5. The summed E-state index contributed by atoms with van der Waals surface area (Å²) >= 11 is 0. The standard InChI is InChI=1S/C14H20N2O/c1-14(5-2-6-15-10-14)17-13-4-3-11-8-16-9-12(11)7-13/h3-4,7,15-16H,2,5-6,8-10H2,1H3. The van der Waals surface area contributed by atoms with Gasteiger partial charge in [0.25, 0.3) is 0 Å². The van der Waals surface area contributed by atoms with E-state index in [-0.39, 0.29) is 5.60 Å². The molecule has 2 aliphatic heterocycles. The summed E-state index contributed by atoms with van der Waals surface area (Å²) in [5, 5.41) is 6.77. The molecular weight excluding hydrogens is 212 g/mol. The van der Waals surface area contributed by atoms with E-state index in [1.165, 1.54) is 17.5 Å². The second kappa shape index (κ2) is 4.31. The molecule has 17 heavy (non-hydrogen) atoms. The minimum atomic E-state index is -0.0431. The van der Waals surface area contributed by atoms with Gasteiger partial charge in [-0.1, -0.05) is 6.07 Å². The quantitative estimate of drug-likeness (QED) is 0.816. The van der Waals surface area contributed by atoms with E-state index >= 15 is 0 Å². The van der Waals surface area contributed by atoms with Gasteiger partial charge in [-0.3, -0.25) is 0 Å². The Balaban J connectivity index is 1.76. The second-order valence-electron chi connectivity index (χ2n) is 5.37. The first kappa shape index (κ1) is 11.1. The molecular formula is C14H20N2O. The van der Waals surface area contributed by atoms with Crippen LogP contribution in [0.4, 0.5) is 0 Å². The maximum Gasteiger partial charge on any atom is 0.120 e. The molecule has 2 aliphatic rings. The average molecular weight is 232 g/mol. The van der Waals surface area contributed by atoms with E-state index in [9.17, 15) is 0 Å². The SMILES string of the molecule is CC1(Oc2ccc3c(c2)CNC3)CCCNC1. The molecule has 3 heteroatoms. The van der Waals surface area contributed by atoms with Crippen LogP contribution in [0.3, 0.4) is 0 Å². The third kappa shape index (κ3) is 2.31. The smallest absolute Gasteiger partial charge is 0.120 e. The molecule has 3 rings (SSSR count). The molecule has 1 unspecified atom stereocenters. The Bertz CT molecular complexity index is 411. The molecule has 2 heterocycles. The number of fused-ring (bicyclic) bond motifs is 1. The van der Waals surface area contributed by atoms with E-state index < -0.39 is 0 Å². The zero-order chi connectivity index (χ0) is 11.7. The Hall–Kier alpha value is -1.06. The molecule has 92 valence electrons. The molecule has 1 atom stereocenters. The Kier molecular flexibility index (Phi) is 2.81. The molecule has 3 nitrogen and oxygen atoms in total. The lowest BCUT2D eigenvalue weighted by molar-refractivity contribution is 0.0614. The molecule has 1 aromatic rings. The van der Waals surface area contributed by atoms with Gasteiger partial charge in [0.05, 0.1) is 0 Å². The first-order valence-corrected chi connectivity index (χ1v) is 6.47. The van der Waals surface area contributed by atoms with E-state index in [1.54, 1.807) is 0 Å². The monoisotopic (exact) mass is 232 g/mol. The largest absolute Gasteiger partial charge is 0.486 e. The maximum atomic E-state index is 6.18. The van der Waals surface area contributed by atoms with Crippen LogP contribution in [0.5, 0.6) is 5.75 Å². The van der Waals surface area contributed by atoms with Crippen LogP contribution in [0.1, 0.15) is 30.9 Å². The molecule has 0 radical (unpaired) electrons. The van der Waals surface area contributed by atoms with Crippen LogP contribution in [-0.4, -0.2) is 18.7 Å². The number of piperidine rings is 1. The Morgan fingerprint density at radius 1 is 1.18 bits per heavy atom. The van der Waals surface area contributed by atoms with Crippen LogP contribution in [-0.2, 0) is 13.1 Å². The molecule has 0 aliphatic carbocycles. The Labute approximate surface area is 103 Å². The molecule has 1 saturated heterocycles. The lowest BCUT2D eigenvalue weighted by atomic mass is 9.96. The van der Waals surface area contributed by atoms with Crippen LogP contribution < -0.4 is 15.4 Å². The number of ether oxygens (including phenoxy) is 1. The Morgan fingerprint density at radius 2 is 2.06 bits per heavy atom. The van der Waals surface area contributed by atoms with Crippen molar-refractivity contribution in [3.05, 3.63) is 29.3 Å². The molecule has 0 spiro atoms. The van der Waals surface area contributed by atoms with Gasteiger partial charge in [0.1, 0.15) is 11.4 Å². The van der Waals surface area contributed by atoms with Gasteiger partial charge >= 0.3 is 0 Å². The first-order valence-electron chi connectivity index (χ1n) is 6.47. The van der Waals surface area contributed by atoms with Gasteiger partial charge in [0.15, 0.2) is 0 Å². The predicted octanol–water partition coefficient (Wildman–Crippen LogP) is 1.81. The van der Waals surface area contributed by atoms with Crippen molar-refractivity contribution in [1.29, 1.82) is 0 Å². The maximum absolute atomic E-state index is 6.18. The minimum Gasteiger partial charge on any atom is -0.486 e. The van der Waals surface area contributed by atoms with Crippen LogP contribution in [0.15, 0.2) is 18.2 Å². The lowest BCUT2D eigenvalue weighted by Crippen LogP contribution is -2.47. The van der Waals surface area contributed by atoms with Gasteiger partial charge in [-0.15, -0.1) is 0 Å². The summed E-state index contributed by atoms with van der Waals surface area (Å²) in [5.41, 5.74) is 2.75. The summed E-state index contributed by atoms with van der Waals surface area (Å²) in [6.45, 7) is 6.23. The van der Waals surface area contributed by atoms with Crippen LogP contribution in [0, 0.1) is 0 Å². The average Bonchev–Trinajstić information content (AvgIpc) is 2.76. The molecule has 0 aromatic heterocycles. The second-order valence-corrected chi connectivity index (χ2v) is 5.37. The molecule has 2 N–H and O–H groups in total. The van der Waals surface area contributed by atoms with Gasteiger partial charge in [-0.05, 0) is 49.6 Å². The zero-order valence-corrected chi connectivity index (χ0v) is 10.4. The highest BCUT2D eigenvalue weighted by Crippen LogP contribution is 2.27. The van der Waals surface area contributed by atoms with Crippen molar-refractivity contribution in [3.8, 4) is 5.75 Å². The predicted molar refractivity (Wildman–Crippen MR) is 68.1 cm³/mol. The fourth-order valence-corrected chi connectivity index (χ4v) is 2.73. The van der Waals surface area contributed by atoms with Gasteiger partial charge in [-0.25, -0.2) is 0 Å². The number of benzene rings is 1. The van der Waals surface area contributed by atoms with Crippen molar-refractivity contribution < 1.29 is 4.74 Å². The third-order valence-electron chi connectivity index (χ3n) is 3.73. The fraction of sp³-hybridized carbons (Fsp3) is 0.571. The van der Waals surface area contributed by atoms with Gasteiger partial charge in [0.2, 0.25) is 0 Å². The summed E-state index contributed by atoms with van der Waals surface area (Å²) in [6.07, 6.45) is 2.33. The minimum absolute atomic E-state index is 0.0431. The summed E-state index contributed by atoms with van der Waals surface area (Å²) in [5.74, 6) is 1.01. The van der Waals surface area contributed by atoms with Crippen molar-refractivity contribution in [3.63, 3.8) is 0 Å².